The van der Waals surface area contributed by atoms with E-state index < -0.39 is 5.82 Å². The second kappa shape index (κ2) is 7.82. The van der Waals surface area contributed by atoms with Gasteiger partial charge in [-0.15, -0.1) is 0 Å². The normalized spacial score (nSPS) is 11.0. The highest BCUT2D eigenvalue weighted by Gasteiger charge is 2.20. The summed E-state index contributed by atoms with van der Waals surface area (Å²) in [6.07, 6.45) is 0.779. The number of ether oxygens (including phenoxy) is 2. The summed E-state index contributed by atoms with van der Waals surface area (Å²) in [5, 5.41) is 0.303. The molecule has 0 N–H and O–H groups in total. The molecule has 4 aromatic rings. The van der Waals surface area contributed by atoms with Crippen LogP contribution in [0.15, 0.2) is 52.9 Å². The van der Waals surface area contributed by atoms with Crippen LogP contribution in [0.2, 0.25) is 5.02 Å². The van der Waals surface area contributed by atoms with Gasteiger partial charge in [0.25, 0.3) is 11.6 Å². The predicted molar refractivity (Wildman–Crippen MR) is 102 cm³/mol. The number of oxazole rings is 1. The van der Waals surface area contributed by atoms with Crippen LogP contribution >= 0.6 is 11.6 Å². The molecule has 0 fully saturated rings. The molecule has 2 heterocycles. The maximum atomic E-state index is 13.6. The lowest BCUT2D eigenvalue weighted by Gasteiger charge is -2.06. The maximum absolute atomic E-state index is 13.6. The molecule has 142 valence electrons. The van der Waals surface area contributed by atoms with Crippen molar-refractivity contribution in [1.29, 1.82) is 0 Å². The molecule has 0 amide bonds. The fourth-order valence-electron chi connectivity index (χ4n) is 2.49. The Bertz CT molecular complexity index is 1120. The minimum atomic E-state index is -0.455. The largest absolute Gasteiger partial charge is 0.476 e. The molecule has 0 spiro atoms. The molecular formula is C20H15ClFN3O3. The Balaban J connectivity index is 1.80. The predicted octanol–water partition coefficient (Wildman–Crippen LogP) is 5.66. The van der Waals surface area contributed by atoms with Crippen LogP contribution in [0, 0.1) is 5.82 Å². The van der Waals surface area contributed by atoms with Crippen LogP contribution in [0.5, 0.6) is 17.6 Å². The van der Waals surface area contributed by atoms with E-state index in [-0.39, 0.29) is 23.5 Å². The van der Waals surface area contributed by atoms with E-state index in [4.69, 9.17) is 25.5 Å². The van der Waals surface area contributed by atoms with Gasteiger partial charge in [0.15, 0.2) is 5.52 Å². The van der Waals surface area contributed by atoms with E-state index in [0.29, 0.717) is 28.5 Å². The molecule has 0 aliphatic heterocycles. The van der Waals surface area contributed by atoms with Gasteiger partial charge in [0.1, 0.15) is 11.6 Å². The Hall–Kier alpha value is -3.19. The molecule has 0 saturated heterocycles. The number of aromatic nitrogens is 3. The Morgan fingerprint density at radius 1 is 1.07 bits per heavy atom. The number of fused-ring (bicyclic) bond motifs is 1. The molecule has 8 heteroatoms. The van der Waals surface area contributed by atoms with Crippen LogP contribution in [0.25, 0.3) is 22.7 Å². The highest BCUT2D eigenvalue weighted by Crippen LogP contribution is 2.34. The van der Waals surface area contributed by atoms with Crippen LogP contribution < -0.4 is 9.47 Å². The van der Waals surface area contributed by atoms with Crippen LogP contribution in [0.1, 0.15) is 13.3 Å². The van der Waals surface area contributed by atoms with E-state index in [1.165, 1.54) is 18.2 Å². The summed E-state index contributed by atoms with van der Waals surface area (Å²) in [5.41, 5.74) is 0.776. The van der Waals surface area contributed by atoms with E-state index in [1.54, 1.807) is 12.1 Å². The molecule has 2 aromatic carbocycles. The van der Waals surface area contributed by atoms with Crippen molar-refractivity contribution in [2.75, 3.05) is 6.61 Å². The van der Waals surface area contributed by atoms with Crippen LogP contribution in [-0.2, 0) is 0 Å². The number of halogens is 2. The molecule has 6 nitrogen and oxygen atoms in total. The van der Waals surface area contributed by atoms with Crippen molar-refractivity contribution < 1.29 is 18.3 Å². The fraction of sp³-hybridized carbons (Fsp3) is 0.150. The molecule has 0 aliphatic rings. The SMILES string of the molecule is CCCOc1nc(Oc2ccccc2)nc2oc(-c3cc(F)ccc3Cl)nc12. The maximum Gasteiger partial charge on any atom is 0.328 e. The standard InChI is InChI=1S/C20H15ClFN3O3/c1-2-10-26-18-16-19(25-20(24-18)27-13-6-4-3-5-7-13)28-17(23-16)14-11-12(22)8-9-15(14)21/h3-9,11H,2,10H2,1H3. The zero-order chi connectivity index (χ0) is 19.5. The quantitative estimate of drug-likeness (QED) is 0.416. The Kier molecular flexibility index (Phi) is 5.08. The molecule has 28 heavy (non-hydrogen) atoms. The van der Waals surface area contributed by atoms with E-state index >= 15 is 0 Å². The smallest absolute Gasteiger partial charge is 0.328 e. The van der Waals surface area contributed by atoms with Gasteiger partial charge in [-0.3, -0.25) is 0 Å². The van der Waals surface area contributed by atoms with E-state index in [9.17, 15) is 4.39 Å². The monoisotopic (exact) mass is 399 g/mol. The van der Waals surface area contributed by atoms with Crippen molar-refractivity contribution in [3.05, 3.63) is 59.4 Å². The lowest BCUT2D eigenvalue weighted by molar-refractivity contribution is 0.302. The Morgan fingerprint density at radius 3 is 2.68 bits per heavy atom. The summed E-state index contributed by atoms with van der Waals surface area (Å²) >= 11 is 6.16. The van der Waals surface area contributed by atoms with E-state index in [1.807, 2.05) is 25.1 Å². The number of nitrogens with zero attached hydrogens (tertiary/aromatic N) is 3. The fourth-order valence-corrected chi connectivity index (χ4v) is 2.69. The van der Waals surface area contributed by atoms with Gasteiger partial charge in [0, 0.05) is 0 Å². The highest BCUT2D eigenvalue weighted by molar-refractivity contribution is 6.33. The van der Waals surface area contributed by atoms with Gasteiger partial charge in [-0.2, -0.15) is 9.97 Å². The second-order valence-electron chi connectivity index (χ2n) is 5.87. The van der Waals surface area contributed by atoms with Gasteiger partial charge in [0.2, 0.25) is 5.89 Å². The van der Waals surface area contributed by atoms with Gasteiger partial charge < -0.3 is 13.9 Å². The van der Waals surface area contributed by atoms with Crippen molar-refractivity contribution in [2.45, 2.75) is 13.3 Å². The summed E-state index contributed by atoms with van der Waals surface area (Å²) in [4.78, 5) is 12.9. The van der Waals surface area contributed by atoms with Crippen molar-refractivity contribution in [1.82, 2.24) is 15.0 Å². The van der Waals surface area contributed by atoms with Gasteiger partial charge in [-0.05, 0) is 36.8 Å². The molecule has 4 rings (SSSR count). The lowest BCUT2D eigenvalue weighted by atomic mass is 10.2. The minimum Gasteiger partial charge on any atom is -0.476 e. The first kappa shape index (κ1) is 18.2. The first-order valence-corrected chi connectivity index (χ1v) is 9.01. The zero-order valence-electron chi connectivity index (χ0n) is 14.9. The van der Waals surface area contributed by atoms with Gasteiger partial charge in [-0.25, -0.2) is 9.37 Å². The van der Waals surface area contributed by atoms with Crippen molar-refractivity contribution in [3.63, 3.8) is 0 Å². The summed E-state index contributed by atoms with van der Waals surface area (Å²) in [6.45, 7) is 2.40. The van der Waals surface area contributed by atoms with Crippen molar-refractivity contribution >= 4 is 22.8 Å². The number of para-hydroxylation sites is 1. The average Bonchev–Trinajstić information content (AvgIpc) is 3.13. The third-order valence-electron chi connectivity index (χ3n) is 3.76. The third kappa shape index (κ3) is 3.75. The van der Waals surface area contributed by atoms with E-state index in [2.05, 4.69) is 15.0 Å². The van der Waals surface area contributed by atoms with Crippen molar-refractivity contribution in [3.8, 4) is 29.1 Å². The van der Waals surface area contributed by atoms with E-state index in [0.717, 1.165) is 6.42 Å². The van der Waals surface area contributed by atoms with Crippen LogP contribution in [-0.4, -0.2) is 21.6 Å². The molecular weight excluding hydrogens is 385 g/mol. The zero-order valence-corrected chi connectivity index (χ0v) is 15.6. The van der Waals surface area contributed by atoms with Gasteiger partial charge in [-0.1, -0.05) is 36.7 Å². The molecule has 0 saturated carbocycles. The number of hydrogen-bond donors (Lipinski definition) is 0. The number of hydrogen-bond acceptors (Lipinski definition) is 6. The topological polar surface area (TPSA) is 70.3 Å². The number of rotatable bonds is 6. The summed E-state index contributed by atoms with van der Waals surface area (Å²) in [7, 11) is 0. The third-order valence-corrected chi connectivity index (χ3v) is 4.09. The lowest BCUT2D eigenvalue weighted by Crippen LogP contribution is -2.01. The molecule has 2 aromatic heterocycles. The van der Waals surface area contributed by atoms with Gasteiger partial charge >= 0.3 is 6.01 Å². The summed E-state index contributed by atoms with van der Waals surface area (Å²) < 4.78 is 30.7. The first-order chi connectivity index (χ1) is 13.6. The average molecular weight is 400 g/mol. The summed E-state index contributed by atoms with van der Waals surface area (Å²) in [6, 6.07) is 13.1. The highest BCUT2D eigenvalue weighted by atomic mass is 35.5. The Morgan fingerprint density at radius 2 is 1.89 bits per heavy atom. The Labute approximate surface area is 164 Å². The molecule has 0 radical (unpaired) electrons. The molecule has 0 bridgehead atoms. The van der Waals surface area contributed by atoms with Crippen LogP contribution in [0.3, 0.4) is 0 Å². The summed E-state index contributed by atoms with van der Waals surface area (Å²) in [5.74, 6) is 0.451. The van der Waals surface area contributed by atoms with Crippen molar-refractivity contribution in [2.24, 2.45) is 0 Å². The second-order valence-corrected chi connectivity index (χ2v) is 6.28. The first-order valence-electron chi connectivity index (χ1n) is 8.63. The van der Waals surface area contributed by atoms with Gasteiger partial charge in [0.05, 0.1) is 17.2 Å². The number of benzene rings is 2. The molecule has 0 aliphatic carbocycles. The minimum absolute atomic E-state index is 0.0536. The molecule has 0 unspecified atom stereocenters. The van der Waals surface area contributed by atoms with Crippen LogP contribution in [0.4, 0.5) is 4.39 Å². The molecule has 0 atom stereocenters.